The van der Waals surface area contributed by atoms with Crippen LogP contribution in [0.25, 0.3) is 11.0 Å². The lowest BCUT2D eigenvalue weighted by atomic mass is 9.93. The molecule has 1 aromatic heterocycles. The SMILES string of the molecule is CCCC(C)C(NCC)c1oc2ccc(F)cc2c1C. The summed E-state index contributed by atoms with van der Waals surface area (Å²) < 4.78 is 19.4. The molecule has 2 nitrogen and oxygen atoms in total. The maximum Gasteiger partial charge on any atom is 0.134 e. The number of benzene rings is 1. The largest absolute Gasteiger partial charge is 0.459 e. The third kappa shape index (κ3) is 2.88. The fraction of sp³-hybridized carbons (Fsp3) is 0.529. The van der Waals surface area contributed by atoms with Gasteiger partial charge >= 0.3 is 0 Å². The van der Waals surface area contributed by atoms with Crippen LogP contribution in [-0.4, -0.2) is 6.54 Å². The van der Waals surface area contributed by atoms with Crippen LogP contribution in [0.4, 0.5) is 4.39 Å². The van der Waals surface area contributed by atoms with Crippen molar-refractivity contribution in [1.29, 1.82) is 0 Å². The molecular formula is C17H24FNO. The van der Waals surface area contributed by atoms with Crippen LogP contribution in [0.15, 0.2) is 22.6 Å². The van der Waals surface area contributed by atoms with Crippen LogP contribution in [-0.2, 0) is 0 Å². The van der Waals surface area contributed by atoms with E-state index in [0.717, 1.165) is 41.7 Å². The molecule has 0 saturated heterocycles. The average Bonchev–Trinajstić information content (AvgIpc) is 2.73. The summed E-state index contributed by atoms with van der Waals surface area (Å²) in [5, 5.41) is 4.39. The fourth-order valence-corrected chi connectivity index (χ4v) is 2.90. The second-order valence-corrected chi connectivity index (χ2v) is 5.53. The van der Waals surface area contributed by atoms with Crippen molar-refractivity contribution in [1.82, 2.24) is 5.32 Å². The summed E-state index contributed by atoms with van der Waals surface area (Å²) in [6, 6.07) is 4.92. The molecule has 0 amide bonds. The molecular weight excluding hydrogens is 253 g/mol. The van der Waals surface area contributed by atoms with Gasteiger partial charge in [-0.1, -0.05) is 27.2 Å². The van der Waals surface area contributed by atoms with Crippen molar-refractivity contribution in [3.05, 3.63) is 35.3 Å². The van der Waals surface area contributed by atoms with E-state index in [2.05, 4.69) is 26.1 Å². The van der Waals surface area contributed by atoms with Crippen LogP contribution in [0.1, 0.15) is 51.0 Å². The summed E-state index contributed by atoms with van der Waals surface area (Å²) in [6.45, 7) is 9.45. The molecule has 110 valence electrons. The minimum Gasteiger partial charge on any atom is -0.459 e. The van der Waals surface area contributed by atoms with Gasteiger partial charge in [0.1, 0.15) is 17.2 Å². The summed E-state index contributed by atoms with van der Waals surface area (Å²) in [4.78, 5) is 0. The molecule has 3 heteroatoms. The van der Waals surface area contributed by atoms with Crippen molar-refractivity contribution >= 4 is 11.0 Å². The quantitative estimate of drug-likeness (QED) is 0.806. The fourth-order valence-electron chi connectivity index (χ4n) is 2.90. The van der Waals surface area contributed by atoms with E-state index in [1.54, 1.807) is 12.1 Å². The second-order valence-electron chi connectivity index (χ2n) is 5.53. The van der Waals surface area contributed by atoms with Crippen molar-refractivity contribution in [3.8, 4) is 0 Å². The molecule has 0 bridgehead atoms. The number of furan rings is 1. The zero-order valence-electron chi connectivity index (χ0n) is 12.8. The van der Waals surface area contributed by atoms with E-state index >= 15 is 0 Å². The van der Waals surface area contributed by atoms with Crippen LogP contribution in [0.2, 0.25) is 0 Å². The van der Waals surface area contributed by atoms with E-state index in [4.69, 9.17) is 4.42 Å². The van der Waals surface area contributed by atoms with Gasteiger partial charge < -0.3 is 9.73 Å². The Morgan fingerprint density at radius 2 is 2.05 bits per heavy atom. The first kappa shape index (κ1) is 15.0. The van der Waals surface area contributed by atoms with Crippen molar-refractivity contribution in [3.63, 3.8) is 0 Å². The monoisotopic (exact) mass is 277 g/mol. The molecule has 1 aromatic carbocycles. The molecule has 2 atom stereocenters. The topological polar surface area (TPSA) is 25.2 Å². The van der Waals surface area contributed by atoms with Gasteiger partial charge in [0.15, 0.2) is 0 Å². The zero-order valence-corrected chi connectivity index (χ0v) is 12.8. The first-order valence-corrected chi connectivity index (χ1v) is 7.50. The normalized spacial score (nSPS) is 14.7. The van der Waals surface area contributed by atoms with Gasteiger partial charge in [0.2, 0.25) is 0 Å². The maximum atomic E-state index is 13.4. The number of hydrogen-bond donors (Lipinski definition) is 1. The number of aryl methyl sites for hydroxylation is 1. The van der Waals surface area contributed by atoms with E-state index in [0.29, 0.717) is 5.92 Å². The molecule has 0 fully saturated rings. The summed E-state index contributed by atoms with van der Waals surface area (Å²) in [5.74, 6) is 1.23. The lowest BCUT2D eigenvalue weighted by Crippen LogP contribution is -2.27. The van der Waals surface area contributed by atoms with Gasteiger partial charge in [0.25, 0.3) is 0 Å². The molecule has 1 N–H and O–H groups in total. The van der Waals surface area contributed by atoms with Crippen LogP contribution >= 0.6 is 0 Å². The number of halogens is 1. The average molecular weight is 277 g/mol. The zero-order chi connectivity index (χ0) is 14.7. The van der Waals surface area contributed by atoms with Crippen LogP contribution in [0.5, 0.6) is 0 Å². The lowest BCUT2D eigenvalue weighted by Gasteiger charge is -2.23. The first-order chi connectivity index (χ1) is 9.58. The van der Waals surface area contributed by atoms with Gasteiger partial charge in [0, 0.05) is 10.9 Å². The minimum absolute atomic E-state index is 0.190. The van der Waals surface area contributed by atoms with E-state index in [-0.39, 0.29) is 11.9 Å². The molecule has 0 aliphatic heterocycles. The highest BCUT2D eigenvalue weighted by Gasteiger charge is 2.24. The summed E-state index contributed by atoms with van der Waals surface area (Å²) in [6.07, 6.45) is 2.29. The molecule has 0 saturated carbocycles. The highest BCUT2D eigenvalue weighted by molar-refractivity contribution is 5.82. The van der Waals surface area contributed by atoms with Gasteiger partial charge in [-0.3, -0.25) is 0 Å². The van der Waals surface area contributed by atoms with Gasteiger partial charge in [-0.2, -0.15) is 0 Å². The Bertz CT molecular complexity index is 576. The third-order valence-corrected chi connectivity index (χ3v) is 3.95. The number of fused-ring (bicyclic) bond motifs is 1. The standard InChI is InChI=1S/C17H24FNO/c1-5-7-11(3)16(19-6-2)17-12(4)14-10-13(18)8-9-15(14)20-17/h8-11,16,19H,5-7H2,1-4H3. The van der Waals surface area contributed by atoms with Crippen molar-refractivity contribution in [2.75, 3.05) is 6.54 Å². The van der Waals surface area contributed by atoms with Crippen LogP contribution in [0, 0.1) is 18.7 Å². The second kappa shape index (κ2) is 6.40. The third-order valence-electron chi connectivity index (χ3n) is 3.95. The molecule has 2 aromatic rings. The molecule has 0 spiro atoms. The van der Waals surface area contributed by atoms with Gasteiger partial charge in [-0.15, -0.1) is 0 Å². The summed E-state index contributed by atoms with van der Waals surface area (Å²) in [5.41, 5.74) is 1.82. The molecule has 2 rings (SSSR count). The summed E-state index contributed by atoms with van der Waals surface area (Å²) in [7, 11) is 0. The Labute approximate surface area is 120 Å². The van der Waals surface area contributed by atoms with E-state index in [1.807, 2.05) is 6.92 Å². The molecule has 2 unspecified atom stereocenters. The van der Waals surface area contributed by atoms with E-state index < -0.39 is 0 Å². The predicted octanol–water partition coefficient (Wildman–Crippen LogP) is 4.97. The van der Waals surface area contributed by atoms with Gasteiger partial charge in [0.05, 0.1) is 6.04 Å². The molecule has 20 heavy (non-hydrogen) atoms. The van der Waals surface area contributed by atoms with Crippen LogP contribution in [0.3, 0.4) is 0 Å². The Kier molecular flexibility index (Phi) is 4.81. The number of rotatable bonds is 6. The van der Waals surface area contributed by atoms with Crippen LogP contribution < -0.4 is 5.32 Å². The van der Waals surface area contributed by atoms with E-state index in [9.17, 15) is 4.39 Å². The highest BCUT2D eigenvalue weighted by Crippen LogP contribution is 2.34. The molecule has 0 aliphatic carbocycles. The number of hydrogen-bond acceptors (Lipinski definition) is 2. The van der Waals surface area contributed by atoms with E-state index in [1.165, 1.54) is 6.07 Å². The molecule has 0 aliphatic rings. The Hall–Kier alpha value is -1.35. The highest BCUT2D eigenvalue weighted by atomic mass is 19.1. The Morgan fingerprint density at radius 3 is 2.70 bits per heavy atom. The molecule has 0 radical (unpaired) electrons. The van der Waals surface area contributed by atoms with Gasteiger partial charge in [-0.25, -0.2) is 4.39 Å². The van der Waals surface area contributed by atoms with Crippen molar-refractivity contribution < 1.29 is 8.81 Å². The minimum atomic E-state index is -0.213. The lowest BCUT2D eigenvalue weighted by molar-refractivity contribution is 0.320. The molecule has 1 heterocycles. The van der Waals surface area contributed by atoms with Gasteiger partial charge in [-0.05, 0) is 44.0 Å². The first-order valence-electron chi connectivity index (χ1n) is 7.50. The predicted molar refractivity (Wildman–Crippen MR) is 81.4 cm³/mol. The Morgan fingerprint density at radius 1 is 1.30 bits per heavy atom. The maximum absolute atomic E-state index is 13.4. The Balaban J connectivity index is 2.44. The van der Waals surface area contributed by atoms with Crippen molar-refractivity contribution in [2.45, 2.75) is 46.6 Å². The smallest absolute Gasteiger partial charge is 0.134 e. The summed E-state index contributed by atoms with van der Waals surface area (Å²) >= 11 is 0. The van der Waals surface area contributed by atoms with Crippen molar-refractivity contribution in [2.24, 2.45) is 5.92 Å². The number of nitrogens with one attached hydrogen (secondary N) is 1.